The summed E-state index contributed by atoms with van der Waals surface area (Å²) in [5.41, 5.74) is 0. The summed E-state index contributed by atoms with van der Waals surface area (Å²) < 4.78 is 0.587. The second kappa shape index (κ2) is 6.96. The maximum atomic E-state index is 5.70. The predicted octanol–water partition coefficient (Wildman–Crippen LogP) is 2.25. The number of alkyl halides is 2. The zero-order chi connectivity index (χ0) is 9.45. The Morgan fingerprint density at radius 1 is 1.08 bits per heavy atom. The lowest BCUT2D eigenvalue weighted by Gasteiger charge is -2.33. The van der Waals surface area contributed by atoms with E-state index in [4.69, 9.17) is 28.0 Å². The van der Waals surface area contributed by atoms with Crippen molar-refractivity contribution < 1.29 is 9.48 Å². The maximum Gasteiger partial charge on any atom is 0.123 e. The van der Waals surface area contributed by atoms with E-state index in [1.807, 2.05) is 6.92 Å². The van der Waals surface area contributed by atoms with Gasteiger partial charge in [-0.1, -0.05) is 0 Å². The summed E-state index contributed by atoms with van der Waals surface area (Å²) in [6, 6.07) is 0. The summed E-state index contributed by atoms with van der Waals surface area (Å²) in [6.45, 7) is 7.38. The Bertz CT molecular complexity index is 94.2. The Morgan fingerprint density at radius 3 is 1.83 bits per heavy atom. The number of rotatable bonds is 7. The van der Waals surface area contributed by atoms with E-state index in [0.717, 1.165) is 19.6 Å². The summed E-state index contributed by atoms with van der Waals surface area (Å²) in [5.74, 6) is 1.23. The number of nitrogens with zero attached hydrogens (tertiary/aromatic N) is 1. The van der Waals surface area contributed by atoms with Gasteiger partial charge in [0.1, 0.15) is 26.2 Å². The van der Waals surface area contributed by atoms with Crippen LogP contribution in [0.3, 0.4) is 0 Å². The van der Waals surface area contributed by atoms with Crippen LogP contribution in [-0.2, 0) is 4.84 Å². The molecule has 74 valence electrons. The summed E-state index contributed by atoms with van der Waals surface area (Å²) in [4.78, 5) is 5.63. The van der Waals surface area contributed by atoms with Crippen molar-refractivity contribution >= 4 is 23.2 Å². The Labute approximate surface area is 84.9 Å². The highest BCUT2D eigenvalue weighted by atomic mass is 35.5. The standard InChI is InChI=1S/C8H18Cl2NO/c1-3-11(7-5-9,8-6-10)12-4-2/h3-8H2,1-2H3/q+1. The fourth-order valence-corrected chi connectivity index (χ4v) is 1.85. The normalized spacial score (nSPS) is 12.0. The molecule has 0 amide bonds. The van der Waals surface area contributed by atoms with Crippen molar-refractivity contribution in [3.05, 3.63) is 0 Å². The smallest absolute Gasteiger partial charge is 0.123 e. The Morgan fingerprint density at radius 2 is 1.58 bits per heavy atom. The largest absolute Gasteiger partial charge is 0.203 e. The van der Waals surface area contributed by atoms with E-state index in [9.17, 15) is 0 Å². The molecular formula is C8H18Cl2NO+. The van der Waals surface area contributed by atoms with Crippen LogP contribution in [-0.4, -0.2) is 42.6 Å². The van der Waals surface area contributed by atoms with Crippen LogP contribution in [0.5, 0.6) is 0 Å². The number of hydrogen-bond donors (Lipinski definition) is 0. The Hall–Kier alpha value is 0.500. The van der Waals surface area contributed by atoms with Crippen molar-refractivity contribution in [1.29, 1.82) is 0 Å². The van der Waals surface area contributed by atoms with Gasteiger partial charge in [-0.15, -0.1) is 23.2 Å². The SMILES string of the molecule is CCO[N+](CC)(CCCl)CCCl. The molecule has 0 aliphatic carbocycles. The van der Waals surface area contributed by atoms with Gasteiger partial charge in [0.05, 0.1) is 11.8 Å². The van der Waals surface area contributed by atoms with Gasteiger partial charge in [-0.2, -0.15) is 4.65 Å². The van der Waals surface area contributed by atoms with Crippen LogP contribution in [0.15, 0.2) is 0 Å². The molecule has 0 aromatic heterocycles. The second-order valence-electron chi connectivity index (χ2n) is 2.62. The average molecular weight is 215 g/mol. The lowest BCUT2D eigenvalue weighted by Crippen LogP contribution is -2.50. The Kier molecular flexibility index (Phi) is 7.25. The van der Waals surface area contributed by atoms with E-state index >= 15 is 0 Å². The molecular weight excluding hydrogens is 197 g/mol. The summed E-state index contributed by atoms with van der Waals surface area (Å²) in [5, 5.41) is 0. The average Bonchev–Trinajstić information content (AvgIpc) is 2.06. The van der Waals surface area contributed by atoms with Crippen molar-refractivity contribution in [3.63, 3.8) is 0 Å². The first kappa shape index (κ1) is 12.5. The third-order valence-electron chi connectivity index (χ3n) is 1.96. The van der Waals surface area contributed by atoms with Gasteiger partial charge >= 0.3 is 0 Å². The molecule has 12 heavy (non-hydrogen) atoms. The van der Waals surface area contributed by atoms with E-state index in [2.05, 4.69) is 6.92 Å². The highest BCUT2D eigenvalue weighted by Gasteiger charge is 2.25. The fourth-order valence-electron chi connectivity index (χ4n) is 1.23. The van der Waals surface area contributed by atoms with Gasteiger partial charge in [0.25, 0.3) is 0 Å². The third-order valence-corrected chi connectivity index (χ3v) is 2.30. The monoisotopic (exact) mass is 214 g/mol. The quantitative estimate of drug-likeness (QED) is 0.359. The topological polar surface area (TPSA) is 9.23 Å². The fraction of sp³-hybridized carbons (Fsp3) is 1.00. The minimum atomic E-state index is 0.587. The van der Waals surface area contributed by atoms with Gasteiger partial charge in [-0.25, -0.2) is 4.84 Å². The van der Waals surface area contributed by atoms with E-state index in [1.165, 1.54) is 0 Å². The lowest BCUT2D eigenvalue weighted by atomic mass is 10.5. The van der Waals surface area contributed by atoms with Crippen molar-refractivity contribution in [2.45, 2.75) is 13.8 Å². The van der Waals surface area contributed by atoms with Gasteiger partial charge in [0.2, 0.25) is 0 Å². The zero-order valence-corrected chi connectivity index (χ0v) is 9.37. The molecule has 0 fully saturated rings. The molecule has 0 aliphatic heterocycles. The molecule has 0 unspecified atom stereocenters. The van der Waals surface area contributed by atoms with Crippen LogP contribution in [0.2, 0.25) is 0 Å². The first-order valence-corrected chi connectivity index (χ1v) is 5.44. The third kappa shape index (κ3) is 3.94. The van der Waals surface area contributed by atoms with Gasteiger partial charge in [-0.3, -0.25) is 0 Å². The van der Waals surface area contributed by atoms with Gasteiger partial charge in [0, 0.05) is 0 Å². The van der Waals surface area contributed by atoms with Crippen molar-refractivity contribution in [2.75, 3.05) is 38.0 Å². The predicted molar refractivity (Wildman–Crippen MR) is 53.6 cm³/mol. The zero-order valence-electron chi connectivity index (χ0n) is 7.85. The molecule has 0 radical (unpaired) electrons. The molecule has 4 heteroatoms. The van der Waals surface area contributed by atoms with Crippen molar-refractivity contribution in [1.82, 2.24) is 0 Å². The number of hydrogen-bond acceptors (Lipinski definition) is 1. The highest BCUT2D eigenvalue weighted by Crippen LogP contribution is 2.08. The van der Waals surface area contributed by atoms with Crippen LogP contribution in [0.4, 0.5) is 0 Å². The van der Waals surface area contributed by atoms with Crippen molar-refractivity contribution in [3.8, 4) is 0 Å². The van der Waals surface area contributed by atoms with E-state index in [0.29, 0.717) is 23.0 Å². The summed E-state index contributed by atoms with van der Waals surface area (Å²) in [7, 11) is 0. The first-order chi connectivity index (χ1) is 5.74. The molecule has 0 spiro atoms. The molecule has 0 aromatic rings. The van der Waals surface area contributed by atoms with Crippen LogP contribution in [0.25, 0.3) is 0 Å². The van der Waals surface area contributed by atoms with Crippen LogP contribution in [0, 0.1) is 0 Å². The molecule has 0 saturated carbocycles. The van der Waals surface area contributed by atoms with Crippen molar-refractivity contribution in [2.24, 2.45) is 0 Å². The van der Waals surface area contributed by atoms with E-state index in [1.54, 1.807) is 0 Å². The second-order valence-corrected chi connectivity index (χ2v) is 3.37. The summed E-state index contributed by atoms with van der Waals surface area (Å²) >= 11 is 11.4. The maximum absolute atomic E-state index is 5.70. The molecule has 0 heterocycles. The van der Waals surface area contributed by atoms with Crippen LogP contribution in [0.1, 0.15) is 13.8 Å². The minimum absolute atomic E-state index is 0.587. The minimum Gasteiger partial charge on any atom is -0.203 e. The summed E-state index contributed by atoms with van der Waals surface area (Å²) in [6.07, 6.45) is 0. The highest BCUT2D eigenvalue weighted by molar-refractivity contribution is 6.18. The number of hydroxylamine groups is 3. The molecule has 0 aliphatic rings. The molecule has 0 atom stereocenters. The van der Waals surface area contributed by atoms with Crippen LogP contribution >= 0.6 is 23.2 Å². The molecule has 0 bridgehead atoms. The van der Waals surface area contributed by atoms with Gasteiger partial charge in [0.15, 0.2) is 0 Å². The van der Waals surface area contributed by atoms with E-state index < -0.39 is 0 Å². The van der Waals surface area contributed by atoms with E-state index in [-0.39, 0.29) is 0 Å². The first-order valence-electron chi connectivity index (χ1n) is 4.37. The lowest BCUT2D eigenvalue weighted by molar-refractivity contribution is -1.10. The number of quaternary nitrogens is 1. The Balaban J connectivity index is 4.06. The molecule has 0 saturated heterocycles. The number of halogens is 2. The molecule has 2 nitrogen and oxygen atoms in total. The van der Waals surface area contributed by atoms with Gasteiger partial charge in [-0.05, 0) is 13.8 Å². The van der Waals surface area contributed by atoms with Crippen LogP contribution < -0.4 is 0 Å². The molecule has 0 rings (SSSR count). The molecule has 0 aromatic carbocycles. The van der Waals surface area contributed by atoms with Gasteiger partial charge < -0.3 is 0 Å². The molecule has 0 N–H and O–H groups in total.